The molecule has 3 heterocycles. The molecule has 0 bridgehead atoms. The van der Waals surface area contributed by atoms with E-state index >= 15 is 0 Å². The number of hydrogen-bond donors (Lipinski definition) is 1. The van der Waals surface area contributed by atoms with Gasteiger partial charge in [-0.1, -0.05) is 29.3 Å². The highest BCUT2D eigenvalue weighted by Gasteiger charge is 2.20. The van der Waals surface area contributed by atoms with Gasteiger partial charge in [0.05, 0.1) is 27.1 Å². The Labute approximate surface area is 160 Å². The fourth-order valence-corrected chi connectivity index (χ4v) is 3.83. The van der Waals surface area contributed by atoms with Gasteiger partial charge in [-0.2, -0.15) is 10.2 Å². The van der Waals surface area contributed by atoms with Crippen LogP contribution in [0.5, 0.6) is 0 Å². The number of hydrogen-bond acceptors (Lipinski definition) is 3. The topological polar surface area (TPSA) is 68.5 Å². The van der Waals surface area contributed by atoms with E-state index in [4.69, 9.17) is 23.2 Å². The van der Waals surface area contributed by atoms with Crippen molar-refractivity contribution in [3.63, 3.8) is 0 Å². The summed E-state index contributed by atoms with van der Waals surface area (Å²) in [6.45, 7) is 0. The molecule has 5 rings (SSSR count). The molecule has 0 amide bonds. The van der Waals surface area contributed by atoms with Gasteiger partial charge in [0.1, 0.15) is 11.0 Å². The number of fused-ring (bicyclic) bond motifs is 4. The second-order valence-electron chi connectivity index (χ2n) is 6.20. The molecule has 0 saturated carbocycles. The first-order chi connectivity index (χ1) is 13.0. The number of aryl methyl sites for hydroxylation is 1. The molecule has 0 saturated heterocycles. The molecule has 3 aromatic heterocycles. The van der Waals surface area contributed by atoms with Crippen molar-refractivity contribution in [3.05, 3.63) is 62.9 Å². The minimum Gasteiger partial charge on any atom is -0.274 e. The first-order valence-electron chi connectivity index (χ1n) is 7.96. The SMILES string of the molecule is Cn1cc2c(n1)c(=O)n(-c1cccc3n[nH]c(Cl)c13)c1cc(Cl)c(F)cc21. The molecule has 0 unspecified atom stereocenters. The van der Waals surface area contributed by atoms with Gasteiger partial charge < -0.3 is 0 Å². The normalized spacial score (nSPS) is 11.9. The summed E-state index contributed by atoms with van der Waals surface area (Å²) in [5, 5.41) is 13.0. The van der Waals surface area contributed by atoms with E-state index in [9.17, 15) is 9.18 Å². The Morgan fingerprint density at radius 3 is 2.81 bits per heavy atom. The van der Waals surface area contributed by atoms with Gasteiger partial charge in [-0.3, -0.25) is 19.1 Å². The Hall–Kier alpha value is -2.90. The van der Waals surface area contributed by atoms with E-state index in [1.165, 1.54) is 21.4 Å². The van der Waals surface area contributed by atoms with E-state index in [1.807, 2.05) is 0 Å². The largest absolute Gasteiger partial charge is 0.284 e. The van der Waals surface area contributed by atoms with E-state index in [0.29, 0.717) is 38.0 Å². The van der Waals surface area contributed by atoms with Gasteiger partial charge in [0.2, 0.25) is 0 Å². The number of rotatable bonds is 1. The number of benzene rings is 2. The van der Waals surface area contributed by atoms with Crippen LogP contribution in [0.2, 0.25) is 10.2 Å². The Bertz CT molecular complexity index is 1450. The molecule has 2 aromatic carbocycles. The van der Waals surface area contributed by atoms with E-state index in [0.717, 1.165) is 0 Å². The van der Waals surface area contributed by atoms with Crippen LogP contribution in [0.1, 0.15) is 0 Å². The minimum absolute atomic E-state index is 0.0793. The van der Waals surface area contributed by atoms with Crippen molar-refractivity contribution < 1.29 is 4.39 Å². The molecular formula is C18H10Cl2FN5O. The average Bonchev–Trinajstić information content (AvgIpc) is 3.21. The first-order valence-corrected chi connectivity index (χ1v) is 8.71. The van der Waals surface area contributed by atoms with Gasteiger partial charge in [0.15, 0.2) is 5.52 Å². The summed E-state index contributed by atoms with van der Waals surface area (Å²) in [7, 11) is 1.70. The molecule has 0 atom stereocenters. The maximum atomic E-state index is 14.2. The molecule has 134 valence electrons. The molecule has 27 heavy (non-hydrogen) atoms. The van der Waals surface area contributed by atoms with Gasteiger partial charge in [-0.25, -0.2) is 4.39 Å². The molecule has 0 aliphatic rings. The summed E-state index contributed by atoms with van der Waals surface area (Å²) in [4.78, 5) is 13.3. The zero-order valence-electron chi connectivity index (χ0n) is 13.8. The summed E-state index contributed by atoms with van der Waals surface area (Å²) < 4.78 is 17.2. The summed E-state index contributed by atoms with van der Waals surface area (Å²) in [6, 6.07) is 8.04. The number of pyridine rings is 1. The van der Waals surface area contributed by atoms with Crippen LogP contribution in [0.3, 0.4) is 0 Å². The number of halogens is 3. The summed E-state index contributed by atoms with van der Waals surface area (Å²) in [6.07, 6.45) is 1.68. The fraction of sp³-hybridized carbons (Fsp3) is 0.0556. The molecule has 0 fully saturated rings. The van der Waals surface area contributed by atoms with Crippen molar-refractivity contribution in [2.24, 2.45) is 7.05 Å². The van der Waals surface area contributed by atoms with Crippen LogP contribution in [-0.4, -0.2) is 24.5 Å². The predicted molar refractivity (Wildman–Crippen MR) is 103 cm³/mol. The van der Waals surface area contributed by atoms with E-state index in [2.05, 4.69) is 15.3 Å². The molecule has 1 N–H and O–H groups in total. The monoisotopic (exact) mass is 401 g/mol. The average molecular weight is 402 g/mol. The molecular weight excluding hydrogens is 392 g/mol. The summed E-state index contributed by atoms with van der Waals surface area (Å²) >= 11 is 12.3. The van der Waals surface area contributed by atoms with Gasteiger partial charge >= 0.3 is 0 Å². The Balaban J connectivity index is 2.08. The summed E-state index contributed by atoms with van der Waals surface area (Å²) in [5.74, 6) is -0.570. The standard InChI is InChI=1S/C18H10Cl2FN5O/c1-25-7-9-8-5-11(21)10(19)6-14(8)26(18(27)16(9)24-25)13-4-2-3-12-15(13)17(20)23-22-12/h2-7H,1H3,(H,22,23). The summed E-state index contributed by atoms with van der Waals surface area (Å²) in [5.41, 5.74) is 1.44. The molecule has 0 spiro atoms. The third kappa shape index (κ3) is 2.22. The lowest BCUT2D eigenvalue weighted by Crippen LogP contribution is -2.20. The number of nitrogens with one attached hydrogen (secondary N) is 1. The maximum absolute atomic E-state index is 14.2. The van der Waals surface area contributed by atoms with Crippen LogP contribution in [0.15, 0.2) is 41.3 Å². The van der Waals surface area contributed by atoms with E-state index in [1.54, 1.807) is 31.4 Å². The third-order valence-corrected chi connectivity index (χ3v) is 5.12. The van der Waals surface area contributed by atoms with Crippen LogP contribution in [-0.2, 0) is 7.05 Å². The van der Waals surface area contributed by atoms with Crippen LogP contribution < -0.4 is 5.56 Å². The van der Waals surface area contributed by atoms with Gasteiger partial charge in [-0.15, -0.1) is 0 Å². The molecule has 9 heteroatoms. The first kappa shape index (κ1) is 16.3. The third-order valence-electron chi connectivity index (χ3n) is 4.56. The molecule has 0 aliphatic carbocycles. The zero-order chi connectivity index (χ0) is 18.9. The second-order valence-corrected chi connectivity index (χ2v) is 6.98. The molecule has 0 aliphatic heterocycles. The highest BCUT2D eigenvalue weighted by molar-refractivity contribution is 6.35. The maximum Gasteiger partial charge on any atom is 0.284 e. The lowest BCUT2D eigenvalue weighted by Gasteiger charge is -2.13. The molecule has 5 aromatic rings. The highest BCUT2D eigenvalue weighted by atomic mass is 35.5. The number of aromatic nitrogens is 5. The molecule has 6 nitrogen and oxygen atoms in total. The highest BCUT2D eigenvalue weighted by Crippen LogP contribution is 2.32. The van der Waals surface area contributed by atoms with Crippen molar-refractivity contribution >= 4 is 55.9 Å². The Kier molecular flexibility index (Phi) is 3.35. The van der Waals surface area contributed by atoms with Crippen molar-refractivity contribution in [2.45, 2.75) is 0 Å². The van der Waals surface area contributed by atoms with Crippen molar-refractivity contribution in [2.75, 3.05) is 0 Å². The fourth-order valence-electron chi connectivity index (χ4n) is 3.43. The predicted octanol–water partition coefficient (Wildman–Crippen LogP) is 4.20. The lowest BCUT2D eigenvalue weighted by atomic mass is 10.1. The van der Waals surface area contributed by atoms with Gasteiger partial charge in [0, 0.05) is 24.0 Å². The van der Waals surface area contributed by atoms with Gasteiger partial charge in [-0.05, 0) is 24.3 Å². The van der Waals surface area contributed by atoms with Crippen molar-refractivity contribution in [1.29, 1.82) is 0 Å². The Morgan fingerprint density at radius 2 is 2.00 bits per heavy atom. The Morgan fingerprint density at radius 1 is 1.19 bits per heavy atom. The minimum atomic E-state index is -0.570. The number of nitrogens with zero attached hydrogens (tertiary/aromatic N) is 4. The van der Waals surface area contributed by atoms with Crippen molar-refractivity contribution in [1.82, 2.24) is 24.5 Å². The second kappa shape index (κ2) is 5.55. The van der Waals surface area contributed by atoms with E-state index in [-0.39, 0.29) is 16.1 Å². The molecule has 0 radical (unpaired) electrons. The quantitative estimate of drug-likeness (QED) is 0.457. The zero-order valence-corrected chi connectivity index (χ0v) is 15.3. The lowest BCUT2D eigenvalue weighted by molar-refractivity contribution is 0.630. The van der Waals surface area contributed by atoms with Crippen LogP contribution in [0, 0.1) is 5.82 Å². The number of H-pyrrole nitrogens is 1. The van der Waals surface area contributed by atoms with Crippen LogP contribution >= 0.6 is 23.2 Å². The van der Waals surface area contributed by atoms with Crippen LogP contribution in [0.4, 0.5) is 4.39 Å². The number of aromatic amines is 1. The van der Waals surface area contributed by atoms with Gasteiger partial charge in [0.25, 0.3) is 5.56 Å². The smallest absolute Gasteiger partial charge is 0.274 e. The van der Waals surface area contributed by atoms with E-state index < -0.39 is 5.82 Å². The van der Waals surface area contributed by atoms with Crippen LogP contribution in [0.25, 0.3) is 38.4 Å². The van der Waals surface area contributed by atoms with Crippen molar-refractivity contribution in [3.8, 4) is 5.69 Å².